The van der Waals surface area contributed by atoms with Crippen LogP contribution in [0.15, 0.2) is 54.7 Å². The van der Waals surface area contributed by atoms with Gasteiger partial charge < -0.3 is 20.1 Å². The smallest absolute Gasteiger partial charge is 0.264 e. The number of alkyl halides is 3. The number of piperidine rings is 1. The second-order valence-electron chi connectivity index (χ2n) is 8.89. The van der Waals surface area contributed by atoms with E-state index in [-0.39, 0.29) is 29.7 Å². The SMILES string of the molecule is [2H]C([2H])([2H])Oc1cc(F)c(-c2cc(CCl)c(N3CC[C@@H](NCc4ccccc4)C([C@H](O)C(F)F)C3)cn2)cc1F. The number of aliphatic hydroxyl groups is 1. The third-order valence-electron chi connectivity index (χ3n) is 6.62. The Morgan fingerprint density at radius 2 is 2.00 bits per heavy atom. The zero-order chi connectivity index (χ0) is 29.0. The molecule has 0 amide bonds. The molecule has 5 nitrogen and oxygen atoms in total. The molecule has 0 aliphatic carbocycles. The molecule has 1 aromatic heterocycles. The molecular weight excluding hydrogens is 510 g/mol. The lowest BCUT2D eigenvalue weighted by Crippen LogP contribution is -2.55. The average molecular weight is 541 g/mol. The van der Waals surface area contributed by atoms with Gasteiger partial charge in [-0.2, -0.15) is 0 Å². The predicted octanol–water partition coefficient (Wildman–Crippen LogP) is 5.38. The number of ether oxygens (including phenoxy) is 1. The summed E-state index contributed by atoms with van der Waals surface area (Å²) in [5, 5.41) is 13.7. The van der Waals surface area contributed by atoms with Crippen molar-refractivity contribution in [2.24, 2.45) is 5.92 Å². The fraction of sp³-hybridized carbons (Fsp3) is 0.370. The molecule has 4 rings (SSSR count). The van der Waals surface area contributed by atoms with E-state index in [1.54, 1.807) is 4.90 Å². The summed E-state index contributed by atoms with van der Waals surface area (Å²) in [5.74, 6) is -3.64. The molecule has 0 spiro atoms. The molecule has 0 radical (unpaired) electrons. The molecule has 2 heterocycles. The van der Waals surface area contributed by atoms with E-state index >= 15 is 0 Å². The van der Waals surface area contributed by atoms with Crippen molar-refractivity contribution in [1.29, 1.82) is 0 Å². The van der Waals surface area contributed by atoms with E-state index in [9.17, 15) is 22.7 Å². The molecule has 1 aliphatic rings. The van der Waals surface area contributed by atoms with Crippen molar-refractivity contribution in [3.8, 4) is 17.0 Å². The van der Waals surface area contributed by atoms with Crippen LogP contribution in [0.2, 0.25) is 0 Å². The molecule has 0 bridgehead atoms. The van der Waals surface area contributed by atoms with Crippen molar-refractivity contribution in [3.05, 3.63) is 77.5 Å². The third kappa shape index (κ3) is 6.17. The van der Waals surface area contributed by atoms with Gasteiger partial charge in [-0.15, -0.1) is 11.6 Å². The van der Waals surface area contributed by atoms with E-state index in [0.717, 1.165) is 11.6 Å². The van der Waals surface area contributed by atoms with Gasteiger partial charge in [0.05, 0.1) is 28.7 Å². The number of methoxy groups -OCH3 is 1. The molecule has 1 aliphatic heterocycles. The molecule has 2 N–H and O–H groups in total. The number of hydrogen-bond donors (Lipinski definition) is 2. The number of rotatable bonds is 9. The standard InChI is InChI=1S/C27H28ClF4N3O2/c1-37-25-11-20(29)18(10-21(25)30)23-9-17(12-28)24(14-34-23)35-8-7-22(19(15-35)26(36)27(31)32)33-13-16-5-3-2-4-6-16/h2-6,9-11,14,19,22,26-27,33,36H,7-8,12-13,15H2,1H3/t19?,22-,26+/m1/s1/i1D3. The van der Waals surface area contributed by atoms with Gasteiger partial charge in [0.25, 0.3) is 6.43 Å². The summed E-state index contributed by atoms with van der Waals surface area (Å²) in [5.41, 5.74) is 1.81. The minimum atomic E-state index is -2.96. The Morgan fingerprint density at radius 1 is 1.22 bits per heavy atom. The largest absolute Gasteiger partial charge is 0.494 e. The van der Waals surface area contributed by atoms with Gasteiger partial charge in [0, 0.05) is 49.1 Å². The Hall–Kier alpha value is -2.88. The first-order chi connectivity index (χ1) is 19.0. The molecule has 2 aromatic carbocycles. The number of hydrogen-bond acceptors (Lipinski definition) is 5. The highest BCUT2D eigenvalue weighted by Crippen LogP contribution is 2.34. The maximum atomic E-state index is 14.8. The van der Waals surface area contributed by atoms with E-state index in [2.05, 4.69) is 15.0 Å². The number of pyridine rings is 1. The summed E-state index contributed by atoms with van der Waals surface area (Å²) in [6.45, 7) is 1.00. The first kappa shape index (κ1) is 23.3. The number of nitrogens with one attached hydrogen (secondary N) is 1. The molecule has 37 heavy (non-hydrogen) atoms. The number of halogens is 5. The fourth-order valence-corrected chi connectivity index (χ4v) is 4.88. The average Bonchev–Trinajstić information content (AvgIpc) is 2.92. The van der Waals surface area contributed by atoms with Crippen LogP contribution < -0.4 is 15.0 Å². The zero-order valence-electron chi connectivity index (χ0n) is 22.7. The van der Waals surface area contributed by atoms with E-state index in [1.807, 2.05) is 30.3 Å². The van der Waals surface area contributed by atoms with Crippen molar-refractivity contribution >= 4 is 17.3 Å². The Kier molecular flexibility index (Phi) is 7.61. The normalized spacial score (nSPS) is 20.3. The Morgan fingerprint density at radius 3 is 2.70 bits per heavy atom. The number of nitrogens with zero attached hydrogens (tertiary/aromatic N) is 2. The second kappa shape index (κ2) is 12.1. The van der Waals surface area contributed by atoms with Gasteiger partial charge in [0.1, 0.15) is 11.9 Å². The molecule has 1 fully saturated rings. The van der Waals surface area contributed by atoms with Crippen molar-refractivity contribution in [3.63, 3.8) is 0 Å². The van der Waals surface area contributed by atoms with Crippen molar-refractivity contribution in [2.45, 2.75) is 37.4 Å². The van der Waals surface area contributed by atoms with Crippen LogP contribution in [-0.4, -0.2) is 48.8 Å². The number of aliphatic hydroxyl groups excluding tert-OH is 1. The van der Waals surface area contributed by atoms with Gasteiger partial charge in [0.2, 0.25) is 0 Å². The van der Waals surface area contributed by atoms with Crippen molar-refractivity contribution in [2.75, 3.05) is 25.0 Å². The Bertz CT molecular complexity index is 1300. The van der Waals surface area contributed by atoms with Crippen molar-refractivity contribution < 1.29 is 31.5 Å². The van der Waals surface area contributed by atoms with E-state index in [0.29, 0.717) is 36.8 Å². The lowest BCUT2D eigenvalue weighted by Gasteiger charge is -2.42. The van der Waals surface area contributed by atoms with E-state index in [1.165, 1.54) is 12.3 Å². The van der Waals surface area contributed by atoms with Crippen LogP contribution in [0.3, 0.4) is 0 Å². The molecule has 198 valence electrons. The molecule has 0 saturated carbocycles. The van der Waals surface area contributed by atoms with Crippen LogP contribution in [0.4, 0.5) is 23.2 Å². The third-order valence-corrected chi connectivity index (χ3v) is 6.91. The summed E-state index contributed by atoms with van der Waals surface area (Å²) in [4.78, 5) is 6.06. The highest BCUT2D eigenvalue weighted by molar-refractivity contribution is 6.17. The van der Waals surface area contributed by atoms with Crippen LogP contribution in [0.5, 0.6) is 5.75 Å². The summed E-state index contributed by atoms with van der Waals surface area (Å²) >= 11 is 6.19. The summed E-state index contributed by atoms with van der Waals surface area (Å²) in [6.07, 6.45) is -2.94. The Labute approximate surface area is 222 Å². The van der Waals surface area contributed by atoms with Crippen LogP contribution in [0.25, 0.3) is 11.3 Å². The number of aromatic nitrogens is 1. The molecular formula is C27H28ClF4N3O2. The summed E-state index contributed by atoms with van der Waals surface area (Å²) in [6, 6.07) is 12.0. The van der Waals surface area contributed by atoms with Gasteiger partial charge in [0.15, 0.2) is 11.6 Å². The van der Waals surface area contributed by atoms with Gasteiger partial charge in [-0.1, -0.05) is 30.3 Å². The monoisotopic (exact) mass is 540 g/mol. The van der Waals surface area contributed by atoms with Crippen LogP contribution in [0, 0.1) is 17.6 Å². The predicted molar refractivity (Wildman–Crippen MR) is 135 cm³/mol. The molecule has 3 aromatic rings. The maximum absolute atomic E-state index is 14.8. The number of anilines is 1. The maximum Gasteiger partial charge on any atom is 0.264 e. The molecule has 3 atom stereocenters. The van der Waals surface area contributed by atoms with Crippen molar-refractivity contribution in [1.82, 2.24) is 10.3 Å². The second-order valence-corrected chi connectivity index (χ2v) is 9.16. The summed E-state index contributed by atoms with van der Waals surface area (Å²) in [7, 11) is -2.96. The molecule has 1 unspecified atom stereocenters. The molecule has 1 saturated heterocycles. The van der Waals surface area contributed by atoms with Crippen LogP contribution in [0.1, 0.15) is 21.7 Å². The first-order valence-corrected chi connectivity index (χ1v) is 12.2. The number of benzene rings is 2. The highest BCUT2D eigenvalue weighted by atomic mass is 35.5. The van der Waals surface area contributed by atoms with E-state index in [4.69, 9.17) is 15.7 Å². The van der Waals surface area contributed by atoms with Gasteiger partial charge in [-0.05, 0) is 29.7 Å². The molecule has 10 heteroatoms. The van der Waals surface area contributed by atoms with Gasteiger partial charge >= 0.3 is 0 Å². The van der Waals surface area contributed by atoms with Gasteiger partial charge in [-0.3, -0.25) is 4.98 Å². The minimum Gasteiger partial charge on any atom is -0.494 e. The van der Waals surface area contributed by atoms with Gasteiger partial charge in [-0.25, -0.2) is 17.6 Å². The topological polar surface area (TPSA) is 57.6 Å². The van der Waals surface area contributed by atoms with Crippen LogP contribution in [-0.2, 0) is 12.4 Å². The lowest BCUT2D eigenvalue weighted by molar-refractivity contribution is -0.0497. The zero-order valence-corrected chi connectivity index (χ0v) is 20.4. The quantitative estimate of drug-likeness (QED) is 0.282. The summed E-state index contributed by atoms with van der Waals surface area (Å²) < 4.78 is 82.3. The fourth-order valence-electron chi connectivity index (χ4n) is 4.66. The first-order valence-electron chi connectivity index (χ1n) is 13.2. The lowest BCUT2D eigenvalue weighted by atomic mass is 9.86. The minimum absolute atomic E-state index is 0.0382. The highest BCUT2D eigenvalue weighted by Gasteiger charge is 2.38. The van der Waals surface area contributed by atoms with E-state index < -0.39 is 42.9 Å². The Balaban J connectivity index is 1.56. The van der Waals surface area contributed by atoms with Crippen LogP contribution >= 0.6 is 11.6 Å².